The van der Waals surface area contributed by atoms with Gasteiger partial charge in [0, 0.05) is 6.42 Å². The summed E-state index contributed by atoms with van der Waals surface area (Å²) < 4.78 is 25.4. The third kappa shape index (κ3) is 6.15. The monoisotopic (exact) mass is 174 g/mol. The molecule has 0 rings (SSSR count). The van der Waals surface area contributed by atoms with Crippen LogP contribution in [-0.2, 0) is 0 Å². The Balaban J connectivity index is 3.42. The van der Waals surface area contributed by atoms with Crippen LogP contribution in [0.4, 0.5) is 8.78 Å². The fraction of sp³-hybridized carbons (Fsp3) is 0.800. The lowest BCUT2D eigenvalue weighted by molar-refractivity contribution is -0.00458. The maximum absolute atomic E-state index is 12.7. The molecule has 0 aliphatic rings. The summed E-state index contributed by atoms with van der Waals surface area (Å²) in [4.78, 5) is 0. The third-order valence-electron chi connectivity index (χ3n) is 1.76. The van der Waals surface area contributed by atoms with Crippen LogP contribution < -0.4 is 0 Å². The van der Waals surface area contributed by atoms with Gasteiger partial charge in [0.05, 0.1) is 6.42 Å². The van der Waals surface area contributed by atoms with Crippen LogP contribution in [0.1, 0.15) is 45.4 Å². The van der Waals surface area contributed by atoms with Gasteiger partial charge in [0.15, 0.2) is 0 Å². The number of halogens is 2. The average molecular weight is 174 g/mol. The molecule has 2 heteroatoms. The second-order valence-corrected chi connectivity index (χ2v) is 3.05. The Hall–Kier alpha value is -0.580. The number of alkyl halides is 2. The topological polar surface area (TPSA) is 0 Å². The molecule has 0 radical (unpaired) electrons. The first-order chi connectivity index (χ1) is 5.62. The van der Waals surface area contributed by atoms with E-state index in [1.165, 1.54) is 0 Å². The smallest absolute Gasteiger partial charge is 0.206 e. The Bertz CT molecular complexity index is 144. The van der Waals surface area contributed by atoms with E-state index in [1.54, 1.807) is 0 Å². The molecule has 0 nitrogen and oxygen atoms in total. The lowest BCUT2D eigenvalue weighted by Gasteiger charge is -2.12. The first-order valence-corrected chi connectivity index (χ1v) is 4.43. The highest BCUT2D eigenvalue weighted by Gasteiger charge is 2.26. The van der Waals surface area contributed by atoms with Crippen molar-refractivity contribution >= 4 is 0 Å². The Morgan fingerprint density at radius 3 is 2.42 bits per heavy atom. The minimum atomic E-state index is -2.64. The van der Waals surface area contributed by atoms with Gasteiger partial charge in [-0.2, -0.15) is 0 Å². The molecule has 0 aliphatic carbocycles. The van der Waals surface area contributed by atoms with Gasteiger partial charge in [0.25, 0.3) is 5.92 Å². The summed E-state index contributed by atoms with van der Waals surface area (Å²) in [6.07, 6.45) is 7.91. The van der Waals surface area contributed by atoms with E-state index >= 15 is 0 Å². The molecule has 12 heavy (non-hydrogen) atoms. The number of terminal acetylenes is 1. The first-order valence-electron chi connectivity index (χ1n) is 4.43. The zero-order chi connectivity index (χ0) is 9.45. The van der Waals surface area contributed by atoms with Gasteiger partial charge < -0.3 is 0 Å². The van der Waals surface area contributed by atoms with E-state index < -0.39 is 12.3 Å². The molecule has 0 N–H and O–H groups in total. The Morgan fingerprint density at radius 2 is 1.92 bits per heavy atom. The zero-order valence-electron chi connectivity index (χ0n) is 7.58. The summed E-state index contributed by atoms with van der Waals surface area (Å²) in [5, 5.41) is 0. The summed E-state index contributed by atoms with van der Waals surface area (Å²) in [6.45, 7) is 2.06. The summed E-state index contributed by atoms with van der Waals surface area (Å²) in [5.41, 5.74) is 0. The Labute approximate surface area is 73.4 Å². The van der Waals surface area contributed by atoms with E-state index in [2.05, 4.69) is 6.92 Å². The Morgan fingerprint density at radius 1 is 1.25 bits per heavy atom. The quantitative estimate of drug-likeness (QED) is 0.426. The van der Waals surface area contributed by atoms with Crippen molar-refractivity contribution < 1.29 is 8.78 Å². The van der Waals surface area contributed by atoms with Crippen LogP contribution in [0.2, 0.25) is 0 Å². The first kappa shape index (κ1) is 11.4. The minimum Gasteiger partial charge on any atom is -0.206 e. The number of hydrogen-bond donors (Lipinski definition) is 0. The fourth-order valence-corrected chi connectivity index (χ4v) is 1.05. The molecule has 0 spiro atoms. The lowest BCUT2D eigenvalue weighted by atomic mass is 10.1. The summed E-state index contributed by atoms with van der Waals surface area (Å²) in [5.74, 6) is -0.638. The van der Waals surface area contributed by atoms with Crippen molar-refractivity contribution in [1.29, 1.82) is 0 Å². The molecule has 0 bridgehead atoms. The van der Waals surface area contributed by atoms with Crippen molar-refractivity contribution in [3.05, 3.63) is 0 Å². The van der Waals surface area contributed by atoms with Crippen molar-refractivity contribution in [2.45, 2.75) is 51.4 Å². The second-order valence-electron chi connectivity index (χ2n) is 3.05. The fourth-order valence-electron chi connectivity index (χ4n) is 1.05. The molecule has 70 valence electrons. The van der Waals surface area contributed by atoms with Crippen LogP contribution in [0.3, 0.4) is 0 Å². The summed E-state index contributed by atoms with van der Waals surface area (Å²) >= 11 is 0. The van der Waals surface area contributed by atoms with Gasteiger partial charge in [-0.3, -0.25) is 0 Å². The van der Waals surface area contributed by atoms with Crippen molar-refractivity contribution in [2.75, 3.05) is 0 Å². The highest BCUT2D eigenvalue weighted by Crippen LogP contribution is 2.25. The number of rotatable bonds is 6. The van der Waals surface area contributed by atoms with Gasteiger partial charge in [-0.1, -0.05) is 26.2 Å². The van der Waals surface area contributed by atoms with Crippen molar-refractivity contribution in [3.8, 4) is 12.3 Å². The van der Waals surface area contributed by atoms with Crippen LogP contribution in [0, 0.1) is 12.3 Å². The molecule has 0 amide bonds. The molecule has 0 aromatic carbocycles. The Kier molecular flexibility index (Phi) is 5.70. The predicted molar refractivity (Wildman–Crippen MR) is 47.2 cm³/mol. The molecule has 0 heterocycles. The van der Waals surface area contributed by atoms with Gasteiger partial charge >= 0.3 is 0 Å². The average Bonchev–Trinajstić information content (AvgIpc) is 1.98. The van der Waals surface area contributed by atoms with Crippen molar-refractivity contribution in [3.63, 3.8) is 0 Å². The molecule has 0 saturated heterocycles. The molecular formula is C10H16F2. The molecular weight excluding hydrogens is 158 g/mol. The van der Waals surface area contributed by atoms with Crippen LogP contribution in [0.5, 0.6) is 0 Å². The highest BCUT2D eigenvalue weighted by atomic mass is 19.3. The van der Waals surface area contributed by atoms with Crippen LogP contribution >= 0.6 is 0 Å². The van der Waals surface area contributed by atoms with E-state index in [4.69, 9.17) is 6.42 Å². The van der Waals surface area contributed by atoms with E-state index in [0.29, 0.717) is 6.42 Å². The van der Waals surface area contributed by atoms with Gasteiger partial charge in [0.1, 0.15) is 0 Å². The van der Waals surface area contributed by atoms with Crippen molar-refractivity contribution in [2.24, 2.45) is 0 Å². The standard InChI is InChI=1S/C10H16F2/c1-3-5-6-7-9-10(11,12)8-4-2/h2H,3,5-9H2,1H3. The van der Waals surface area contributed by atoms with Crippen LogP contribution in [-0.4, -0.2) is 5.92 Å². The molecule has 0 atom stereocenters. The maximum atomic E-state index is 12.7. The lowest BCUT2D eigenvalue weighted by Crippen LogP contribution is -2.14. The second kappa shape index (κ2) is 5.99. The molecule has 0 aromatic rings. The normalized spacial score (nSPS) is 11.2. The summed E-state index contributed by atoms with van der Waals surface area (Å²) in [6, 6.07) is 0. The highest BCUT2D eigenvalue weighted by molar-refractivity contribution is 4.90. The molecule has 0 saturated carbocycles. The molecule has 0 unspecified atom stereocenters. The molecule has 0 aliphatic heterocycles. The number of hydrogen-bond acceptors (Lipinski definition) is 0. The number of unbranched alkanes of at least 4 members (excludes halogenated alkanes) is 3. The van der Waals surface area contributed by atoms with Gasteiger partial charge in [-0.05, 0) is 6.42 Å². The van der Waals surface area contributed by atoms with Crippen LogP contribution in [0.15, 0.2) is 0 Å². The predicted octanol–water partition coefficient (Wildman–Crippen LogP) is 3.62. The molecule has 0 aromatic heterocycles. The zero-order valence-corrected chi connectivity index (χ0v) is 7.58. The largest absolute Gasteiger partial charge is 0.258 e. The van der Waals surface area contributed by atoms with Crippen LogP contribution in [0.25, 0.3) is 0 Å². The summed E-state index contributed by atoms with van der Waals surface area (Å²) in [7, 11) is 0. The van der Waals surface area contributed by atoms with Gasteiger partial charge in [-0.15, -0.1) is 12.3 Å². The van der Waals surface area contributed by atoms with E-state index in [0.717, 1.165) is 19.3 Å². The van der Waals surface area contributed by atoms with Gasteiger partial charge in [-0.25, -0.2) is 8.78 Å². The third-order valence-corrected chi connectivity index (χ3v) is 1.76. The van der Waals surface area contributed by atoms with E-state index in [1.807, 2.05) is 5.92 Å². The minimum absolute atomic E-state index is 0.0583. The maximum Gasteiger partial charge on any atom is 0.258 e. The van der Waals surface area contributed by atoms with E-state index in [-0.39, 0.29) is 6.42 Å². The van der Waals surface area contributed by atoms with E-state index in [9.17, 15) is 8.78 Å². The van der Waals surface area contributed by atoms with Crippen molar-refractivity contribution in [1.82, 2.24) is 0 Å². The SMILES string of the molecule is C#CCC(F)(F)CCCCCC. The van der Waals surface area contributed by atoms with Gasteiger partial charge in [0.2, 0.25) is 0 Å². The molecule has 0 fully saturated rings.